The second kappa shape index (κ2) is 6.08. The minimum atomic E-state index is -4.10. The highest BCUT2D eigenvalue weighted by Gasteiger charge is 2.20. The number of benzene rings is 2. The maximum absolute atomic E-state index is 13.7. The Kier molecular flexibility index (Phi) is 4.77. The Morgan fingerprint density at radius 1 is 1.05 bits per heavy atom. The van der Waals surface area contributed by atoms with Gasteiger partial charge >= 0.3 is 0 Å². The maximum Gasteiger partial charge on any atom is 0.262 e. The van der Waals surface area contributed by atoms with Gasteiger partial charge in [0.15, 0.2) is 5.82 Å². The zero-order chi connectivity index (χ0) is 15.8. The van der Waals surface area contributed by atoms with Crippen molar-refractivity contribution >= 4 is 54.8 Å². The maximum atomic E-state index is 13.7. The summed E-state index contributed by atoms with van der Waals surface area (Å²) >= 11 is 14.3. The van der Waals surface area contributed by atoms with Gasteiger partial charge in [-0.05, 0) is 40.2 Å². The minimum absolute atomic E-state index is 0.0400. The number of anilines is 1. The molecule has 1 N–H and O–H groups in total. The molecule has 0 aromatic heterocycles. The van der Waals surface area contributed by atoms with Gasteiger partial charge in [0.1, 0.15) is 5.82 Å². The van der Waals surface area contributed by atoms with Crippen molar-refractivity contribution in [1.29, 1.82) is 0 Å². The summed E-state index contributed by atoms with van der Waals surface area (Å²) in [4.78, 5) is -0.201. The molecule has 0 saturated carbocycles. The number of hydrogen-bond acceptors (Lipinski definition) is 2. The van der Waals surface area contributed by atoms with Gasteiger partial charge in [-0.1, -0.05) is 23.2 Å². The molecular formula is C12H6BrCl2F2NO2S. The van der Waals surface area contributed by atoms with Crippen LogP contribution in [0.3, 0.4) is 0 Å². The fourth-order valence-corrected chi connectivity index (χ4v) is 3.59. The third-order valence-electron chi connectivity index (χ3n) is 2.44. The lowest BCUT2D eigenvalue weighted by atomic mass is 10.3. The molecule has 0 atom stereocenters. The summed E-state index contributed by atoms with van der Waals surface area (Å²) in [5.41, 5.74) is -0.400. The van der Waals surface area contributed by atoms with Crippen LogP contribution in [0.2, 0.25) is 10.0 Å². The average molecular weight is 417 g/mol. The predicted octanol–water partition coefficient (Wildman–Crippen LogP) is 4.83. The van der Waals surface area contributed by atoms with Crippen LogP contribution in [-0.2, 0) is 10.0 Å². The summed E-state index contributed by atoms with van der Waals surface area (Å²) in [7, 11) is -4.10. The Morgan fingerprint density at radius 2 is 1.71 bits per heavy atom. The normalized spacial score (nSPS) is 11.5. The third-order valence-corrected chi connectivity index (χ3v) is 5.16. The van der Waals surface area contributed by atoms with Crippen LogP contribution in [-0.4, -0.2) is 8.42 Å². The smallest absolute Gasteiger partial charge is 0.262 e. The van der Waals surface area contributed by atoms with E-state index in [1.807, 2.05) is 4.72 Å². The lowest BCUT2D eigenvalue weighted by Crippen LogP contribution is -2.14. The molecule has 2 aromatic rings. The fraction of sp³-hybridized carbons (Fsp3) is 0. The van der Waals surface area contributed by atoms with E-state index in [-0.39, 0.29) is 19.4 Å². The van der Waals surface area contributed by atoms with Crippen LogP contribution in [0.25, 0.3) is 0 Å². The van der Waals surface area contributed by atoms with E-state index in [0.717, 1.165) is 12.1 Å². The lowest BCUT2D eigenvalue weighted by molar-refractivity contribution is 0.581. The topological polar surface area (TPSA) is 46.2 Å². The van der Waals surface area contributed by atoms with E-state index >= 15 is 0 Å². The van der Waals surface area contributed by atoms with E-state index in [9.17, 15) is 17.2 Å². The molecule has 3 nitrogen and oxygen atoms in total. The van der Waals surface area contributed by atoms with Gasteiger partial charge in [0.2, 0.25) is 0 Å². The number of sulfonamides is 1. The molecule has 2 aromatic carbocycles. The van der Waals surface area contributed by atoms with Crippen molar-refractivity contribution in [1.82, 2.24) is 0 Å². The molecule has 0 radical (unpaired) electrons. The monoisotopic (exact) mass is 415 g/mol. The molecule has 0 amide bonds. The molecule has 0 saturated heterocycles. The van der Waals surface area contributed by atoms with Gasteiger partial charge in [-0.2, -0.15) is 0 Å². The highest BCUT2D eigenvalue weighted by molar-refractivity contribution is 9.10. The van der Waals surface area contributed by atoms with Crippen LogP contribution in [0.4, 0.5) is 14.5 Å². The van der Waals surface area contributed by atoms with Crippen LogP contribution in [0.15, 0.2) is 39.7 Å². The number of hydrogen-bond donors (Lipinski definition) is 1. The molecule has 112 valence electrons. The Hall–Kier alpha value is -0.890. The summed E-state index contributed by atoms with van der Waals surface area (Å²) in [6, 6.07) is 5.15. The van der Waals surface area contributed by atoms with E-state index in [0.29, 0.717) is 6.07 Å². The summed E-state index contributed by atoms with van der Waals surface area (Å²) in [6.07, 6.45) is 0. The quantitative estimate of drug-likeness (QED) is 0.778. The van der Waals surface area contributed by atoms with Crippen molar-refractivity contribution in [3.8, 4) is 0 Å². The Labute approximate surface area is 138 Å². The first kappa shape index (κ1) is 16.5. The summed E-state index contributed by atoms with van der Waals surface area (Å²) in [5.74, 6) is -1.89. The van der Waals surface area contributed by atoms with Gasteiger partial charge in [-0.25, -0.2) is 17.2 Å². The highest BCUT2D eigenvalue weighted by atomic mass is 79.9. The first-order valence-corrected chi connectivity index (χ1v) is 8.36. The summed E-state index contributed by atoms with van der Waals surface area (Å²) < 4.78 is 52.9. The number of rotatable bonds is 3. The molecule has 2 rings (SSSR count). The summed E-state index contributed by atoms with van der Waals surface area (Å²) in [6.45, 7) is 0. The second-order valence-electron chi connectivity index (χ2n) is 3.93. The zero-order valence-corrected chi connectivity index (χ0v) is 13.9. The molecule has 0 heterocycles. The van der Waals surface area contributed by atoms with E-state index < -0.39 is 27.3 Å². The average Bonchev–Trinajstić information content (AvgIpc) is 2.37. The third kappa shape index (κ3) is 3.66. The predicted molar refractivity (Wildman–Crippen MR) is 81.3 cm³/mol. The molecule has 0 fully saturated rings. The first-order chi connectivity index (χ1) is 9.70. The van der Waals surface area contributed by atoms with Crippen LogP contribution < -0.4 is 4.72 Å². The number of halogens is 5. The van der Waals surface area contributed by atoms with Crippen molar-refractivity contribution in [3.05, 3.63) is 56.5 Å². The van der Waals surface area contributed by atoms with E-state index in [2.05, 4.69) is 15.9 Å². The van der Waals surface area contributed by atoms with Crippen LogP contribution in [0, 0.1) is 11.6 Å². The van der Waals surface area contributed by atoms with Crippen LogP contribution in [0.5, 0.6) is 0 Å². The van der Waals surface area contributed by atoms with Crippen molar-refractivity contribution in [2.45, 2.75) is 4.90 Å². The molecular weight excluding hydrogens is 411 g/mol. The van der Waals surface area contributed by atoms with Crippen LogP contribution >= 0.6 is 39.1 Å². The first-order valence-electron chi connectivity index (χ1n) is 5.33. The van der Waals surface area contributed by atoms with Crippen molar-refractivity contribution in [2.75, 3.05) is 4.72 Å². The Morgan fingerprint density at radius 3 is 2.29 bits per heavy atom. The Balaban J connectivity index is 2.44. The molecule has 0 unspecified atom stereocenters. The van der Waals surface area contributed by atoms with Crippen molar-refractivity contribution in [3.63, 3.8) is 0 Å². The molecule has 0 aliphatic rings. The largest absolute Gasteiger partial charge is 0.275 e. The van der Waals surface area contributed by atoms with Gasteiger partial charge in [-0.3, -0.25) is 4.72 Å². The van der Waals surface area contributed by atoms with Crippen LogP contribution in [0.1, 0.15) is 0 Å². The molecule has 9 heteroatoms. The minimum Gasteiger partial charge on any atom is -0.275 e. The molecule has 0 bridgehead atoms. The van der Waals surface area contributed by atoms with Gasteiger partial charge in [-0.15, -0.1) is 0 Å². The summed E-state index contributed by atoms with van der Waals surface area (Å²) in [5, 5.41) is 0.225. The van der Waals surface area contributed by atoms with Crippen molar-refractivity contribution < 1.29 is 17.2 Å². The Bertz CT molecular complexity index is 792. The van der Waals surface area contributed by atoms with Gasteiger partial charge in [0.05, 0.1) is 20.6 Å². The SMILES string of the molecule is O=S(=O)(Nc1c(F)cc(F)cc1Br)c1ccc(Cl)c(Cl)c1. The molecule has 21 heavy (non-hydrogen) atoms. The molecule has 0 spiro atoms. The van der Waals surface area contributed by atoms with Gasteiger partial charge in [0.25, 0.3) is 10.0 Å². The molecule has 0 aliphatic carbocycles. The van der Waals surface area contributed by atoms with E-state index in [1.165, 1.54) is 12.1 Å². The van der Waals surface area contributed by atoms with E-state index in [1.54, 1.807) is 0 Å². The lowest BCUT2D eigenvalue weighted by Gasteiger charge is -2.11. The highest BCUT2D eigenvalue weighted by Crippen LogP contribution is 2.30. The zero-order valence-electron chi connectivity index (χ0n) is 10.0. The standard InChI is InChI=1S/C12H6BrCl2F2NO2S/c13-8-3-6(16)4-11(17)12(8)18-21(19,20)7-1-2-9(14)10(15)5-7/h1-5,18H. The van der Waals surface area contributed by atoms with E-state index in [4.69, 9.17) is 23.2 Å². The molecule has 0 aliphatic heterocycles. The number of nitrogens with one attached hydrogen (secondary N) is 1. The van der Waals surface area contributed by atoms with Crippen molar-refractivity contribution in [2.24, 2.45) is 0 Å². The fourth-order valence-electron chi connectivity index (χ4n) is 1.48. The second-order valence-corrected chi connectivity index (χ2v) is 7.28. The van der Waals surface area contributed by atoms with Gasteiger partial charge < -0.3 is 0 Å². The van der Waals surface area contributed by atoms with Gasteiger partial charge in [0, 0.05) is 10.5 Å².